The van der Waals surface area contributed by atoms with Gasteiger partial charge in [0.1, 0.15) is 17.0 Å². The van der Waals surface area contributed by atoms with E-state index >= 15 is 0 Å². The summed E-state index contributed by atoms with van der Waals surface area (Å²) in [5.41, 5.74) is 1.22. The number of rotatable bonds is 6. The highest BCUT2D eigenvalue weighted by molar-refractivity contribution is 7.18. The van der Waals surface area contributed by atoms with E-state index in [4.69, 9.17) is 4.74 Å². The summed E-state index contributed by atoms with van der Waals surface area (Å²) in [4.78, 5) is 40.9. The monoisotopic (exact) mass is 458 g/mol. The molecule has 0 bridgehead atoms. The molecule has 4 heterocycles. The molecule has 4 rings (SSSR count). The van der Waals surface area contributed by atoms with Gasteiger partial charge >= 0.3 is 5.97 Å². The van der Waals surface area contributed by atoms with E-state index < -0.39 is 0 Å². The molecule has 31 heavy (non-hydrogen) atoms. The number of fused-ring (bicyclic) bond motifs is 1. The molecule has 1 aliphatic rings. The van der Waals surface area contributed by atoms with Gasteiger partial charge in [0, 0.05) is 29.9 Å². The van der Waals surface area contributed by atoms with Crippen LogP contribution in [0.15, 0.2) is 23.8 Å². The molecule has 3 aromatic heterocycles. The first kappa shape index (κ1) is 21.7. The first-order valence-electron chi connectivity index (χ1n) is 10.3. The zero-order valence-electron chi connectivity index (χ0n) is 18.0. The molecule has 164 valence electrons. The van der Waals surface area contributed by atoms with Crippen molar-refractivity contribution in [1.29, 1.82) is 0 Å². The van der Waals surface area contributed by atoms with Crippen LogP contribution in [0.1, 0.15) is 28.2 Å². The van der Waals surface area contributed by atoms with Crippen molar-refractivity contribution in [2.24, 2.45) is 5.92 Å². The van der Waals surface area contributed by atoms with Crippen LogP contribution in [-0.4, -0.2) is 53.5 Å². The summed E-state index contributed by atoms with van der Waals surface area (Å²) in [7, 11) is 1.73. The topological polar surface area (TPSA) is 75.6 Å². The molecule has 7 nitrogen and oxygen atoms in total. The van der Waals surface area contributed by atoms with Crippen molar-refractivity contribution in [2.75, 3.05) is 31.6 Å². The molecule has 1 amide bonds. The van der Waals surface area contributed by atoms with Gasteiger partial charge in [0.05, 0.1) is 17.8 Å². The highest BCUT2D eigenvalue weighted by Crippen LogP contribution is 2.35. The Labute approximate surface area is 189 Å². The number of hydrogen-bond donors (Lipinski definition) is 0. The number of carbonyl (C=O) groups is 2. The van der Waals surface area contributed by atoms with E-state index in [1.54, 1.807) is 40.9 Å². The third kappa shape index (κ3) is 4.72. The van der Waals surface area contributed by atoms with E-state index in [-0.39, 0.29) is 24.4 Å². The maximum absolute atomic E-state index is 12.5. The Balaban J connectivity index is 1.30. The zero-order valence-corrected chi connectivity index (χ0v) is 19.6. The predicted octanol–water partition coefficient (Wildman–Crippen LogP) is 3.79. The second-order valence-corrected chi connectivity index (χ2v) is 10.1. The van der Waals surface area contributed by atoms with Crippen molar-refractivity contribution in [3.8, 4) is 0 Å². The standard InChI is InChI=1S/C22H26N4O3S2/c1-14-15(2)31-21-19(14)20(23-13-24-21)26-8-6-16(7-9-26)22(28)29-12-18(27)25(3)11-17-5-4-10-30-17/h4-5,10,13,16H,6-9,11-12H2,1-3H3. The summed E-state index contributed by atoms with van der Waals surface area (Å²) in [6, 6.07) is 3.94. The van der Waals surface area contributed by atoms with Gasteiger partial charge in [-0.1, -0.05) is 6.07 Å². The van der Waals surface area contributed by atoms with Gasteiger partial charge in [-0.2, -0.15) is 0 Å². The van der Waals surface area contributed by atoms with Crippen molar-refractivity contribution in [3.05, 3.63) is 39.2 Å². The summed E-state index contributed by atoms with van der Waals surface area (Å²) in [5, 5.41) is 3.10. The first-order valence-corrected chi connectivity index (χ1v) is 12.0. The van der Waals surface area contributed by atoms with Crippen LogP contribution in [0.2, 0.25) is 0 Å². The largest absolute Gasteiger partial charge is 0.455 e. The Bertz CT molecular complexity index is 1070. The SMILES string of the molecule is Cc1sc2ncnc(N3CCC(C(=O)OCC(=O)N(C)Cc4cccs4)CC3)c2c1C. The van der Waals surface area contributed by atoms with Crippen LogP contribution in [0, 0.1) is 19.8 Å². The molecule has 0 aliphatic carbocycles. The maximum Gasteiger partial charge on any atom is 0.309 e. The van der Waals surface area contributed by atoms with E-state index in [1.807, 2.05) is 17.5 Å². The van der Waals surface area contributed by atoms with Crippen molar-refractivity contribution in [2.45, 2.75) is 33.2 Å². The number of amides is 1. The summed E-state index contributed by atoms with van der Waals surface area (Å²) in [5.74, 6) is 0.289. The molecule has 1 aliphatic heterocycles. The molecule has 0 N–H and O–H groups in total. The van der Waals surface area contributed by atoms with Crippen LogP contribution >= 0.6 is 22.7 Å². The van der Waals surface area contributed by atoms with Crippen LogP contribution in [0.25, 0.3) is 10.2 Å². The fourth-order valence-electron chi connectivity index (χ4n) is 3.82. The Hall–Kier alpha value is -2.52. The number of esters is 1. The van der Waals surface area contributed by atoms with Crippen LogP contribution in [0.5, 0.6) is 0 Å². The van der Waals surface area contributed by atoms with Gasteiger partial charge in [0.2, 0.25) is 0 Å². The van der Waals surface area contributed by atoms with Crippen molar-refractivity contribution >= 4 is 50.6 Å². The number of thiophene rings is 2. The number of anilines is 1. The summed E-state index contributed by atoms with van der Waals surface area (Å²) in [6.07, 6.45) is 2.99. The number of likely N-dealkylation sites (N-methyl/N-ethyl adjacent to an activating group) is 1. The average Bonchev–Trinajstić information content (AvgIpc) is 3.39. The van der Waals surface area contributed by atoms with Crippen molar-refractivity contribution in [1.82, 2.24) is 14.9 Å². The average molecular weight is 459 g/mol. The van der Waals surface area contributed by atoms with E-state index in [0.717, 1.165) is 34.0 Å². The molecule has 9 heteroatoms. The van der Waals surface area contributed by atoms with E-state index in [2.05, 4.69) is 28.7 Å². The van der Waals surface area contributed by atoms with Crippen LogP contribution in [0.4, 0.5) is 5.82 Å². The predicted molar refractivity (Wildman–Crippen MR) is 124 cm³/mol. The molecule has 0 aromatic carbocycles. The molecule has 0 unspecified atom stereocenters. The van der Waals surface area contributed by atoms with Gasteiger partial charge in [0.15, 0.2) is 6.61 Å². The number of carbonyl (C=O) groups excluding carboxylic acids is 2. The second kappa shape index (κ2) is 9.32. The zero-order chi connectivity index (χ0) is 22.0. The van der Waals surface area contributed by atoms with Crippen LogP contribution in [0.3, 0.4) is 0 Å². The third-order valence-electron chi connectivity index (χ3n) is 5.81. The molecule has 0 spiro atoms. The molecular formula is C22H26N4O3S2. The molecule has 1 fully saturated rings. The molecule has 0 atom stereocenters. The Morgan fingerprint density at radius 2 is 2.03 bits per heavy atom. The third-order valence-corrected chi connectivity index (χ3v) is 7.79. The minimum Gasteiger partial charge on any atom is -0.455 e. The van der Waals surface area contributed by atoms with Crippen LogP contribution in [-0.2, 0) is 20.9 Å². The Kier molecular flexibility index (Phi) is 6.52. The summed E-state index contributed by atoms with van der Waals surface area (Å²) >= 11 is 3.29. The number of hydrogen-bond acceptors (Lipinski definition) is 8. The number of ether oxygens (including phenoxy) is 1. The summed E-state index contributed by atoms with van der Waals surface area (Å²) in [6.45, 7) is 5.99. The normalized spacial score (nSPS) is 14.7. The van der Waals surface area contributed by atoms with Gasteiger partial charge in [-0.05, 0) is 43.7 Å². The molecular weight excluding hydrogens is 432 g/mol. The molecule has 1 saturated heterocycles. The van der Waals surface area contributed by atoms with Gasteiger partial charge in [-0.15, -0.1) is 22.7 Å². The minimum absolute atomic E-state index is 0.186. The van der Waals surface area contributed by atoms with Gasteiger partial charge in [-0.25, -0.2) is 9.97 Å². The van der Waals surface area contributed by atoms with E-state index in [1.165, 1.54) is 10.4 Å². The fraction of sp³-hybridized carbons (Fsp3) is 0.455. The number of nitrogens with zero attached hydrogens (tertiary/aromatic N) is 4. The van der Waals surface area contributed by atoms with E-state index in [9.17, 15) is 9.59 Å². The smallest absolute Gasteiger partial charge is 0.309 e. The van der Waals surface area contributed by atoms with Crippen LogP contribution < -0.4 is 4.90 Å². The second-order valence-electron chi connectivity index (χ2n) is 7.86. The lowest BCUT2D eigenvalue weighted by molar-refractivity contribution is -0.155. The lowest BCUT2D eigenvalue weighted by Crippen LogP contribution is -2.38. The van der Waals surface area contributed by atoms with Gasteiger partial charge < -0.3 is 14.5 Å². The maximum atomic E-state index is 12.5. The minimum atomic E-state index is -0.284. The number of aryl methyl sites for hydroxylation is 2. The van der Waals surface area contributed by atoms with Gasteiger partial charge in [-0.3, -0.25) is 9.59 Å². The first-order chi connectivity index (χ1) is 14.9. The lowest BCUT2D eigenvalue weighted by atomic mass is 9.97. The molecule has 0 radical (unpaired) electrons. The quantitative estimate of drug-likeness (QED) is 0.523. The molecule has 0 saturated carbocycles. The fourth-order valence-corrected chi connectivity index (χ4v) is 5.56. The van der Waals surface area contributed by atoms with Gasteiger partial charge in [0.25, 0.3) is 5.91 Å². The molecule has 3 aromatic rings. The lowest BCUT2D eigenvalue weighted by Gasteiger charge is -2.32. The summed E-state index contributed by atoms with van der Waals surface area (Å²) < 4.78 is 5.35. The van der Waals surface area contributed by atoms with Crippen molar-refractivity contribution < 1.29 is 14.3 Å². The highest BCUT2D eigenvalue weighted by atomic mass is 32.1. The number of piperidine rings is 1. The number of aromatic nitrogens is 2. The van der Waals surface area contributed by atoms with Crippen molar-refractivity contribution in [3.63, 3.8) is 0 Å². The Morgan fingerprint density at radius 1 is 1.26 bits per heavy atom. The Morgan fingerprint density at radius 3 is 2.74 bits per heavy atom. The highest BCUT2D eigenvalue weighted by Gasteiger charge is 2.29. The van der Waals surface area contributed by atoms with E-state index in [0.29, 0.717) is 19.4 Å².